The van der Waals surface area contributed by atoms with E-state index in [0.29, 0.717) is 6.54 Å². The lowest BCUT2D eigenvalue weighted by atomic mass is 10.1. The lowest BCUT2D eigenvalue weighted by Crippen LogP contribution is -2.35. The zero-order chi connectivity index (χ0) is 13.5. The summed E-state index contributed by atoms with van der Waals surface area (Å²) in [4.78, 5) is 11.1. The van der Waals surface area contributed by atoms with Crippen LogP contribution in [-0.2, 0) is 4.79 Å². The first kappa shape index (κ1) is 14.5. The Hall–Kier alpha value is -1.53. The van der Waals surface area contributed by atoms with Gasteiger partial charge in [-0.3, -0.25) is 4.79 Å². The number of carbonyl (C=O) groups excluding carboxylic acids is 1. The Labute approximate surface area is 104 Å². The molecule has 6 heteroatoms. The Morgan fingerprint density at radius 1 is 1.39 bits per heavy atom. The van der Waals surface area contributed by atoms with Crippen molar-refractivity contribution in [3.8, 4) is 0 Å². The first-order valence-corrected chi connectivity index (χ1v) is 5.65. The Kier molecular flexibility index (Phi) is 5.67. The molecular weight excluding hydrogens is 242 g/mol. The smallest absolute Gasteiger partial charge is 0.233 e. The van der Waals surface area contributed by atoms with Crippen LogP contribution in [-0.4, -0.2) is 30.6 Å². The van der Waals surface area contributed by atoms with Crippen molar-refractivity contribution in [2.45, 2.75) is 13.0 Å². The summed E-state index contributed by atoms with van der Waals surface area (Å²) in [5, 5.41) is 15.0. The molecule has 0 heterocycles. The highest BCUT2D eigenvalue weighted by molar-refractivity contribution is 5.77. The third kappa shape index (κ3) is 4.38. The molecule has 1 unspecified atom stereocenters. The summed E-state index contributed by atoms with van der Waals surface area (Å²) in [7, 11) is 0. The number of benzene rings is 1. The second-order valence-corrected chi connectivity index (χ2v) is 3.77. The zero-order valence-electron chi connectivity index (χ0n) is 10.0. The lowest BCUT2D eigenvalue weighted by molar-refractivity contribution is -0.120. The quantitative estimate of drug-likeness (QED) is 0.704. The van der Waals surface area contributed by atoms with E-state index in [1.54, 1.807) is 6.92 Å². The second-order valence-electron chi connectivity index (χ2n) is 3.77. The highest BCUT2D eigenvalue weighted by Crippen LogP contribution is 2.15. The van der Waals surface area contributed by atoms with Gasteiger partial charge in [-0.25, -0.2) is 8.78 Å². The van der Waals surface area contributed by atoms with Gasteiger partial charge in [0.1, 0.15) is 0 Å². The molecule has 0 aliphatic carbocycles. The maximum absolute atomic E-state index is 12.9. The van der Waals surface area contributed by atoms with Crippen molar-refractivity contribution in [2.24, 2.45) is 0 Å². The molecule has 4 nitrogen and oxygen atoms in total. The molecule has 0 saturated heterocycles. The highest BCUT2D eigenvalue weighted by Gasteiger charge is 2.11. The van der Waals surface area contributed by atoms with Gasteiger partial charge in [0.2, 0.25) is 5.91 Å². The van der Waals surface area contributed by atoms with Crippen LogP contribution in [0.1, 0.15) is 18.6 Å². The Morgan fingerprint density at radius 2 is 2.11 bits per heavy atom. The van der Waals surface area contributed by atoms with Gasteiger partial charge in [-0.15, -0.1) is 0 Å². The predicted octanol–water partition coefficient (Wildman–Crippen LogP) is 0.724. The van der Waals surface area contributed by atoms with E-state index in [2.05, 4.69) is 10.6 Å². The molecule has 0 aromatic heterocycles. The van der Waals surface area contributed by atoms with Gasteiger partial charge in [0.25, 0.3) is 0 Å². The number of carbonyl (C=O) groups is 1. The standard InChI is InChI=1S/C12H16F2N2O2/c1-2-16-12(18)7-15-6-11(17)8-3-4-9(13)10(14)5-8/h3-5,11,15,17H,2,6-7H2,1H3,(H,16,18). The van der Waals surface area contributed by atoms with Crippen LogP contribution in [0.15, 0.2) is 18.2 Å². The zero-order valence-corrected chi connectivity index (χ0v) is 10.0. The van der Waals surface area contributed by atoms with Crippen molar-refractivity contribution in [3.05, 3.63) is 35.4 Å². The molecule has 1 amide bonds. The van der Waals surface area contributed by atoms with Crippen molar-refractivity contribution in [1.29, 1.82) is 0 Å². The molecule has 1 rings (SSSR count). The minimum absolute atomic E-state index is 0.0641. The third-order valence-corrected chi connectivity index (χ3v) is 2.33. The van der Waals surface area contributed by atoms with Crippen LogP contribution in [0, 0.1) is 11.6 Å². The SMILES string of the molecule is CCNC(=O)CNCC(O)c1ccc(F)c(F)c1. The van der Waals surface area contributed by atoms with Crippen molar-refractivity contribution >= 4 is 5.91 Å². The average Bonchev–Trinajstić information content (AvgIpc) is 2.33. The minimum Gasteiger partial charge on any atom is -0.387 e. The summed E-state index contributed by atoms with van der Waals surface area (Å²) < 4.78 is 25.6. The largest absolute Gasteiger partial charge is 0.387 e. The van der Waals surface area contributed by atoms with Gasteiger partial charge in [0.15, 0.2) is 11.6 Å². The summed E-state index contributed by atoms with van der Waals surface area (Å²) in [6.45, 7) is 2.48. The fraction of sp³-hybridized carbons (Fsp3) is 0.417. The van der Waals surface area contributed by atoms with Crippen LogP contribution in [0.4, 0.5) is 8.78 Å². The molecular formula is C12H16F2N2O2. The maximum atomic E-state index is 12.9. The van der Waals surface area contributed by atoms with Crippen LogP contribution in [0.5, 0.6) is 0 Å². The van der Waals surface area contributed by atoms with Crippen LogP contribution < -0.4 is 10.6 Å². The van der Waals surface area contributed by atoms with E-state index in [9.17, 15) is 18.7 Å². The number of aliphatic hydroxyl groups is 1. The molecule has 1 atom stereocenters. The van der Waals surface area contributed by atoms with Crippen molar-refractivity contribution in [1.82, 2.24) is 10.6 Å². The molecule has 18 heavy (non-hydrogen) atoms. The van der Waals surface area contributed by atoms with Crippen LogP contribution in [0.3, 0.4) is 0 Å². The van der Waals surface area contributed by atoms with E-state index in [4.69, 9.17) is 0 Å². The van der Waals surface area contributed by atoms with E-state index in [0.717, 1.165) is 12.1 Å². The van der Waals surface area contributed by atoms with Gasteiger partial charge in [-0.1, -0.05) is 6.07 Å². The van der Waals surface area contributed by atoms with Crippen molar-refractivity contribution < 1.29 is 18.7 Å². The summed E-state index contributed by atoms with van der Waals surface area (Å²) in [5.41, 5.74) is 0.261. The predicted molar refractivity (Wildman–Crippen MR) is 62.9 cm³/mol. The summed E-state index contributed by atoms with van der Waals surface area (Å²) in [5.74, 6) is -2.15. The summed E-state index contributed by atoms with van der Waals surface area (Å²) in [6, 6.07) is 3.20. The van der Waals surface area contributed by atoms with Gasteiger partial charge < -0.3 is 15.7 Å². The summed E-state index contributed by atoms with van der Waals surface area (Å²) in [6.07, 6.45) is -0.991. The molecule has 1 aromatic carbocycles. The number of aliphatic hydroxyl groups excluding tert-OH is 1. The van der Waals surface area contributed by atoms with Crippen molar-refractivity contribution in [3.63, 3.8) is 0 Å². The lowest BCUT2D eigenvalue weighted by Gasteiger charge is -2.12. The molecule has 0 fully saturated rings. The summed E-state index contributed by atoms with van der Waals surface area (Å²) >= 11 is 0. The number of rotatable bonds is 6. The Morgan fingerprint density at radius 3 is 2.72 bits per heavy atom. The van der Waals surface area contributed by atoms with E-state index in [1.165, 1.54) is 6.07 Å². The number of hydrogen-bond donors (Lipinski definition) is 3. The third-order valence-electron chi connectivity index (χ3n) is 2.33. The molecule has 100 valence electrons. The topological polar surface area (TPSA) is 61.4 Å². The van der Waals surface area contributed by atoms with Crippen molar-refractivity contribution in [2.75, 3.05) is 19.6 Å². The molecule has 0 aliphatic rings. The molecule has 0 radical (unpaired) electrons. The van der Waals surface area contributed by atoms with Gasteiger partial charge in [-0.2, -0.15) is 0 Å². The number of nitrogens with one attached hydrogen (secondary N) is 2. The number of halogens is 2. The molecule has 0 bridgehead atoms. The molecule has 0 aliphatic heterocycles. The highest BCUT2D eigenvalue weighted by atomic mass is 19.2. The van der Waals surface area contributed by atoms with E-state index in [-0.39, 0.29) is 24.6 Å². The van der Waals surface area contributed by atoms with Crippen LogP contribution in [0.25, 0.3) is 0 Å². The van der Waals surface area contributed by atoms with Gasteiger partial charge in [-0.05, 0) is 24.6 Å². The number of hydrogen-bond acceptors (Lipinski definition) is 3. The number of amides is 1. The second kappa shape index (κ2) is 7.03. The Bertz CT molecular complexity index is 413. The fourth-order valence-corrected chi connectivity index (χ4v) is 1.42. The van der Waals surface area contributed by atoms with Crippen LogP contribution in [0.2, 0.25) is 0 Å². The van der Waals surface area contributed by atoms with Gasteiger partial charge in [0.05, 0.1) is 12.6 Å². The molecule has 0 spiro atoms. The first-order valence-electron chi connectivity index (χ1n) is 5.65. The fourth-order valence-electron chi connectivity index (χ4n) is 1.42. The normalized spacial score (nSPS) is 12.2. The molecule has 1 aromatic rings. The maximum Gasteiger partial charge on any atom is 0.233 e. The van der Waals surface area contributed by atoms with E-state index < -0.39 is 17.7 Å². The minimum atomic E-state index is -1.00. The Balaban J connectivity index is 2.43. The van der Waals surface area contributed by atoms with E-state index in [1.807, 2.05) is 0 Å². The van der Waals surface area contributed by atoms with Gasteiger partial charge in [0, 0.05) is 13.1 Å². The first-order chi connectivity index (χ1) is 8.54. The monoisotopic (exact) mass is 258 g/mol. The average molecular weight is 258 g/mol. The van der Waals surface area contributed by atoms with Gasteiger partial charge >= 0.3 is 0 Å². The molecule has 0 saturated carbocycles. The van der Waals surface area contributed by atoms with Crippen LogP contribution >= 0.6 is 0 Å². The molecule has 3 N–H and O–H groups in total. The van der Waals surface area contributed by atoms with E-state index >= 15 is 0 Å². The number of likely N-dealkylation sites (N-methyl/N-ethyl adjacent to an activating group) is 1.